The molecular formula is C33H28BrO3P. The minimum Gasteiger partial charge on any atom is -1.00 e. The Kier molecular flexibility index (Phi) is 9.12. The van der Waals surface area contributed by atoms with E-state index in [1.54, 1.807) is 43.5 Å². The molecule has 0 spiro atoms. The maximum absolute atomic E-state index is 12.6. The molecule has 0 aliphatic heterocycles. The lowest BCUT2D eigenvalue weighted by molar-refractivity contribution is -0.0000154. The van der Waals surface area contributed by atoms with Crippen LogP contribution in [0.1, 0.15) is 21.9 Å². The molecule has 0 fully saturated rings. The van der Waals surface area contributed by atoms with Crippen LogP contribution < -0.4 is 37.6 Å². The molecule has 0 bridgehead atoms. The van der Waals surface area contributed by atoms with Gasteiger partial charge in [-0.2, -0.15) is 0 Å². The van der Waals surface area contributed by atoms with Crippen LogP contribution in [0.4, 0.5) is 0 Å². The summed E-state index contributed by atoms with van der Waals surface area (Å²) in [5.74, 6) is 2.18. The van der Waals surface area contributed by atoms with Gasteiger partial charge < -0.3 is 26.1 Å². The molecule has 0 amide bonds. The highest BCUT2D eigenvalue weighted by molar-refractivity contribution is 7.95. The average molecular weight is 583 g/mol. The molecule has 1 heterocycles. The Labute approximate surface area is 234 Å². The third kappa shape index (κ3) is 5.88. The number of benzene rings is 4. The molecule has 38 heavy (non-hydrogen) atoms. The van der Waals surface area contributed by atoms with Crippen LogP contribution in [0.15, 0.2) is 138 Å². The van der Waals surface area contributed by atoms with E-state index in [4.69, 9.17) is 9.15 Å². The van der Waals surface area contributed by atoms with E-state index in [-0.39, 0.29) is 22.8 Å². The van der Waals surface area contributed by atoms with Crippen molar-refractivity contribution in [1.82, 2.24) is 0 Å². The molecule has 5 heteroatoms. The van der Waals surface area contributed by atoms with Crippen LogP contribution in [0.25, 0.3) is 6.08 Å². The van der Waals surface area contributed by atoms with Crippen LogP contribution >= 0.6 is 7.26 Å². The number of allylic oxidation sites excluding steroid dienone is 1. The SMILES string of the molecule is COc1ccc(C(=O)/C=C/c2ccc(C[P+](c3ccccc3)(c3ccccc3)c3ccccc3)o2)cc1.[Br-]. The quantitative estimate of drug-likeness (QED) is 0.151. The van der Waals surface area contributed by atoms with Crippen LogP contribution in [0, 0.1) is 0 Å². The Hall–Kier alpha value is -3.72. The number of carbonyl (C=O) groups is 1. The topological polar surface area (TPSA) is 39.4 Å². The number of rotatable bonds is 9. The Bertz CT molecular complexity index is 1380. The highest BCUT2D eigenvalue weighted by atomic mass is 79.9. The second-order valence-electron chi connectivity index (χ2n) is 8.70. The minimum atomic E-state index is -2.05. The zero-order chi connectivity index (χ0) is 25.5. The van der Waals surface area contributed by atoms with Gasteiger partial charge in [0, 0.05) is 5.56 Å². The van der Waals surface area contributed by atoms with Crippen molar-refractivity contribution < 1.29 is 30.9 Å². The molecular weight excluding hydrogens is 555 g/mol. The first-order valence-electron chi connectivity index (χ1n) is 12.2. The van der Waals surface area contributed by atoms with Gasteiger partial charge in [0.2, 0.25) is 0 Å². The highest BCUT2D eigenvalue weighted by Crippen LogP contribution is 2.58. The number of halogens is 1. The van der Waals surface area contributed by atoms with Gasteiger partial charge in [-0.25, -0.2) is 0 Å². The molecule has 0 radical (unpaired) electrons. The molecule has 190 valence electrons. The zero-order valence-corrected chi connectivity index (χ0v) is 23.5. The number of ether oxygens (including phenoxy) is 1. The molecule has 0 unspecified atom stereocenters. The van der Waals surface area contributed by atoms with Gasteiger partial charge in [0.1, 0.15) is 46.6 Å². The van der Waals surface area contributed by atoms with Crippen LogP contribution in [0.3, 0.4) is 0 Å². The maximum Gasteiger partial charge on any atom is 0.185 e. The average Bonchev–Trinajstić information content (AvgIpc) is 3.43. The van der Waals surface area contributed by atoms with Crippen LogP contribution in [0.2, 0.25) is 0 Å². The van der Waals surface area contributed by atoms with E-state index < -0.39 is 7.26 Å². The number of furan rings is 1. The second kappa shape index (κ2) is 12.7. The van der Waals surface area contributed by atoms with Crippen molar-refractivity contribution in [1.29, 1.82) is 0 Å². The lowest BCUT2D eigenvalue weighted by Crippen LogP contribution is -3.00. The van der Waals surface area contributed by atoms with Crippen molar-refractivity contribution in [3.63, 3.8) is 0 Å². The zero-order valence-electron chi connectivity index (χ0n) is 21.0. The molecule has 3 nitrogen and oxygen atoms in total. The lowest BCUT2D eigenvalue weighted by atomic mass is 10.1. The Morgan fingerprint density at radius 2 is 1.21 bits per heavy atom. The number of hydrogen-bond donors (Lipinski definition) is 0. The van der Waals surface area contributed by atoms with Crippen molar-refractivity contribution in [2.24, 2.45) is 0 Å². The predicted molar refractivity (Wildman–Crippen MR) is 154 cm³/mol. The molecule has 4 aromatic carbocycles. The van der Waals surface area contributed by atoms with Gasteiger partial charge in [-0.3, -0.25) is 4.79 Å². The summed E-state index contributed by atoms with van der Waals surface area (Å²) < 4.78 is 11.5. The standard InChI is InChI=1S/C33H28O3P.BrH/c1-35-27-19-17-26(18-20-27)33(34)24-23-28-21-22-29(36-28)25-37(30-11-5-2-6-12-30,31-13-7-3-8-14-31)32-15-9-4-10-16-32;/h2-24H,25H2,1H3;1H/q+1;/p-1/b24-23+;. The third-order valence-electron chi connectivity index (χ3n) is 6.44. The van der Waals surface area contributed by atoms with Crippen LogP contribution in [-0.2, 0) is 6.16 Å². The lowest BCUT2D eigenvalue weighted by Gasteiger charge is -2.26. The first-order valence-corrected chi connectivity index (χ1v) is 14.2. The molecule has 0 N–H and O–H groups in total. The Balaban J connectivity index is 0.00000336. The van der Waals surface area contributed by atoms with Crippen molar-refractivity contribution in [2.75, 3.05) is 7.11 Å². The summed E-state index contributed by atoms with van der Waals surface area (Å²) in [6.45, 7) is 0. The van der Waals surface area contributed by atoms with Crippen molar-refractivity contribution in [2.45, 2.75) is 6.16 Å². The highest BCUT2D eigenvalue weighted by Gasteiger charge is 2.46. The van der Waals surface area contributed by atoms with Crippen molar-refractivity contribution in [3.8, 4) is 5.75 Å². The van der Waals surface area contributed by atoms with Gasteiger partial charge in [-0.05, 0) is 84.9 Å². The monoisotopic (exact) mass is 582 g/mol. The summed E-state index contributed by atoms with van der Waals surface area (Å²) in [5.41, 5.74) is 0.603. The molecule has 5 aromatic rings. The third-order valence-corrected chi connectivity index (χ3v) is 10.8. The van der Waals surface area contributed by atoms with E-state index in [1.807, 2.05) is 12.1 Å². The number of carbonyl (C=O) groups excluding carboxylic acids is 1. The predicted octanol–water partition coefficient (Wildman–Crippen LogP) is 3.68. The summed E-state index contributed by atoms with van der Waals surface area (Å²) in [7, 11) is -0.445. The van der Waals surface area contributed by atoms with E-state index in [0.717, 1.165) is 17.7 Å². The van der Waals surface area contributed by atoms with Crippen LogP contribution in [-0.4, -0.2) is 12.9 Å². The van der Waals surface area contributed by atoms with E-state index >= 15 is 0 Å². The van der Waals surface area contributed by atoms with E-state index in [1.165, 1.54) is 15.9 Å². The second-order valence-corrected chi connectivity index (χ2v) is 12.2. The van der Waals surface area contributed by atoms with Crippen molar-refractivity contribution in [3.05, 3.63) is 151 Å². The molecule has 5 rings (SSSR count). The Morgan fingerprint density at radius 3 is 1.68 bits per heavy atom. The summed E-state index contributed by atoms with van der Waals surface area (Å²) in [6, 6.07) is 43.2. The summed E-state index contributed by atoms with van der Waals surface area (Å²) in [5, 5.41) is 3.90. The smallest absolute Gasteiger partial charge is 0.185 e. The van der Waals surface area contributed by atoms with Crippen LogP contribution in [0.5, 0.6) is 5.75 Å². The minimum absolute atomic E-state index is 0. The van der Waals surface area contributed by atoms with Gasteiger partial charge >= 0.3 is 0 Å². The molecule has 0 saturated carbocycles. The van der Waals surface area contributed by atoms with E-state index in [0.29, 0.717) is 11.3 Å². The molecule has 0 atom stereocenters. The molecule has 0 saturated heterocycles. The number of hydrogen-bond acceptors (Lipinski definition) is 3. The molecule has 0 aliphatic carbocycles. The first-order chi connectivity index (χ1) is 18.2. The summed E-state index contributed by atoms with van der Waals surface area (Å²) in [4.78, 5) is 12.6. The fourth-order valence-electron chi connectivity index (χ4n) is 4.58. The number of ketones is 1. The summed E-state index contributed by atoms with van der Waals surface area (Å²) in [6.07, 6.45) is 4.04. The normalized spacial score (nSPS) is 11.2. The largest absolute Gasteiger partial charge is 1.00 e. The first kappa shape index (κ1) is 27.3. The number of methoxy groups -OCH3 is 1. The van der Waals surface area contributed by atoms with Gasteiger partial charge in [-0.15, -0.1) is 0 Å². The fourth-order valence-corrected chi connectivity index (χ4v) is 8.70. The van der Waals surface area contributed by atoms with E-state index in [9.17, 15) is 4.79 Å². The molecule has 1 aromatic heterocycles. The molecule has 0 aliphatic rings. The maximum atomic E-state index is 12.6. The van der Waals surface area contributed by atoms with E-state index in [2.05, 4.69) is 91.0 Å². The summed E-state index contributed by atoms with van der Waals surface area (Å²) >= 11 is 0. The van der Waals surface area contributed by atoms with Gasteiger partial charge in [0.15, 0.2) is 5.78 Å². The van der Waals surface area contributed by atoms with Crippen molar-refractivity contribution >= 4 is 35.0 Å². The Morgan fingerprint density at radius 1 is 0.711 bits per heavy atom. The van der Waals surface area contributed by atoms with Gasteiger partial charge in [0.25, 0.3) is 0 Å². The van der Waals surface area contributed by atoms with Gasteiger partial charge in [-0.1, -0.05) is 54.6 Å². The fraction of sp³-hybridized carbons (Fsp3) is 0.0606. The van der Waals surface area contributed by atoms with Gasteiger partial charge in [0.05, 0.1) is 7.11 Å².